The summed E-state index contributed by atoms with van der Waals surface area (Å²) in [4.78, 5) is 4.55. The van der Waals surface area contributed by atoms with E-state index in [1.165, 1.54) is 9.87 Å². The van der Waals surface area contributed by atoms with Gasteiger partial charge in [0.05, 0.1) is 11.9 Å². The van der Waals surface area contributed by atoms with Gasteiger partial charge in [0.1, 0.15) is 0 Å². The molecular formula is C20H36N4O3S. The van der Waals surface area contributed by atoms with E-state index in [1.807, 2.05) is 25.1 Å². The Labute approximate surface area is 170 Å². The van der Waals surface area contributed by atoms with E-state index in [4.69, 9.17) is 4.74 Å². The number of aliphatic imine (C=N–C) groups is 1. The lowest BCUT2D eigenvalue weighted by Gasteiger charge is -2.17. The summed E-state index contributed by atoms with van der Waals surface area (Å²) in [6, 6.07) is 10.2. The Morgan fingerprint density at radius 3 is 2.54 bits per heavy atom. The quantitative estimate of drug-likeness (QED) is 0.295. The van der Waals surface area contributed by atoms with Crippen molar-refractivity contribution in [3.8, 4) is 0 Å². The normalized spacial score (nSPS) is 13.5. The summed E-state index contributed by atoms with van der Waals surface area (Å²) in [5.74, 6) is 0.881. The third-order valence-corrected chi connectivity index (χ3v) is 6.20. The molecule has 0 aliphatic rings. The lowest BCUT2D eigenvalue weighted by Crippen LogP contribution is -2.39. The van der Waals surface area contributed by atoms with Gasteiger partial charge in [0.2, 0.25) is 10.0 Å². The fraction of sp³-hybridized carbons (Fsp3) is 0.650. The van der Waals surface area contributed by atoms with Crippen molar-refractivity contribution in [2.24, 2.45) is 4.99 Å². The molecule has 0 saturated heterocycles. The van der Waals surface area contributed by atoms with Gasteiger partial charge < -0.3 is 15.4 Å². The molecule has 0 aromatic heterocycles. The molecule has 0 amide bonds. The average molecular weight is 413 g/mol. The van der Waals surface area contributed by atoms with Crippen LogP contribution in [0.5, 0.6) is 0 Å². The topological polar surface area (TPSA) is 83.0 Å². The van der Waals surface area contributed by atoms with Crippen LogP contribution in [0.3, 0.4) is 0 Å². The lowest BCUT2D eigenvalue weighted by atomic mass is 10.1. The van der Waals surface area contributed by atoms with Crippen molar-refractivity contribution < 1.29 is 13.2 Å². The van der Waals surface area contributed by atoms with Crippen LogP contribution in [0.2, 0.25) is 0 Å². The number of benzene rings is 1. The number of nitrogens with one attached hydrogen (secondary N) is 2. The van der Waals surface area contributed by atoms with E-state index in [-0.39, 0.29) is 11.9 Å². The highest BCUT2D eigenvalue weighted by atomic mass is 32.2. The first-order chi connectivity index (χ1) is 13.4. The summed E-state index contributed by atoms with van der Waals surface area (Å²) in [6.07, 6.45) is 1.64. The summed E-state index contributed by atoms with van der Waals surface area (Å²) in [7, 11) is -1.49. The van der Waals surface area contributed by atoms with E-state index in [9.17, 15) is 8.42 Å². The summed E-state index contributed by atoms with van der Waals surface area (Å²) < 4.78 is 30.7. The molecule has 0 fully saturated rings. The van der Waals surface area contributed by atoms with Crippen LogP contribution in [-0.2, 0) is 14.8 Å². The minimum Gasteiger partial charge on any atom is -0.374 e. The molecule has 0 saturated carbocycles. The molecule has 0 heterocycles. The molecule has 7 nitrogen and oxygen atoms in total. The molecule has 2 N–H and O–H groups in total. The van der Waals surface area contributed by atoms with Gasteiger partial charge in [0.25, 0.3) is 0 Å². The zero-order valence-electron chi connectivity index (χ0n) is 17.6. The molecule has 8 heteroatoms. The van der Waals surface area contributed by atoms with Crippen LogP contribution < -0.4 is 10.6 Å². The zero-order chi connectivity index (χ0) is 20.8. The van der Waals surface area contributed by atoms with Crippen molar-refractivity contribution in [1.29, 1.82) is 0 Å². The van der Waals surface area contributed by atoms with Gasteiger partial charge in [-0.2, -0.15) is 0 Å². The van der Waals surface area contributed by atoms with E-state index >= 15 is 0 Å². The van der Waals surface area contributed by atoms with Crippen LogP contribution >= 0.6 is 0 Å². The van der Waals surface area contributed by atoms with E-state index in [0.29, 0.717) is 26.2 Å². The van der Waals surface area contributed by atoms with Crippen LogP contribution in [0.25, 0.3) is 0 Å². The van der Waals surface area contributed by atoms with Crippen LogP contribution in [0.15, 0.2) is 35.3 Å². The molecule has 0 aliphatic carbocycles. The Bertz CT molecular complexity index is 665. The Morgan fingerprint density at radius 2 is 1.89 bits per heavy atom. The molecule has 28 heavy (non-hydrogen) atoms. The van der Waals surface area contributed by atoms with E-state index in [0.717, 1.165) is 25.3 Å². The SMILES string of the molecule is CCNC(=NCCCOC(C)c1ccccc1)NCCCN(C)S(=O)(=O)CC. The fourth-order valence-electron chi connectivity index (χ4n) is 2.55. The maximum atomic E-state index is 11.7. The Balaban J connectivity index is 2.28. The average Bonchev–Trinajstić information content (AvgIpc) is 2.70. The third-order valence-electron chi connectivity index (χ3n) is 4.34. The van der Waals surface area contributed by atoms with Gasteiger partial charge in [0.15, 0.2) is 5.96 Å². The Hall–Kier alpha value is -1.64. The predicted molar refractivity (Wildman–Crippen MR) is 116 cm³/mol. The molecule has 0 aliphatic heterocycles. The van der Waals surface area contributed by atoms with Crippen molar-refractivity contribution in [2.45, 2.75) is 39.7 Å². The van der Waals surface area contributed by atoms with Crippen molar-refractivity contribution in [1.82, 2.24) is 14.9 Å². The second-order valence-corrected chi connectivity index (χ2v) is 8.90. The Kier molecular flexibility index (Phi) is 11.8. The van der Waals surface area contributed by atoms with E-state index in [2.05, 4.69) is 34.7 Å². The maximum absolute atomic E-state index is 11.7. The maximum Gasteiger partial charge on any atom is 0.213 e. The molecule has 1 aromatic carbocycles. The van der Waals surface area contributed by atoms with Gasteiger partial charge in [-0.05, 0) is 39.2 Å². The highest BCUT2D eigenvalue weighted by Gasteiger charge is 2.13. The van der Waals surface area contributed by atoms with Crippen LogP contribution in [0, 0.1) is 0 Å². The van der Waals surface area contributed by atoms with Gasteiger partial charge in [-0.25, -0.2) is 12.7 Å². The van der Waals surface area contributed by atoms with Crippen LogP contribution in [0.1, 0.15) is 45.3 Å². The number of rotatable bonds is 13. The van der Waals surface area contributed by atoms with Crippen molar-refractivity contribution >= 4 is 16.0 Å². The fourth-order valence-corrected chi connectivity index (χ4v) is 3.39. The molecule has 1 atom stereocenters. The number of sulfonamides is 1. The highest BCUT2D eigenvalue weighted by Crippen LogP contribution is 2.15. The lowest BCUT2D eigenvalue weighted by molar-refractivity contribution is 0.0652. The van der Waals surface area contributed by atoms with Gasteiger partial charge in [-0.1, -0.05) is 30.3 Å². The minimum atomic E-state index is -3.11. The largest absolute Gasteiger partial charge is 0.374 e. The standard InChI is InChI=1S/C20H36N4O3S/c1-5-21-20(22-14-10-16-24(4)28(25,26)6-2)23-15-11-17-27-18(3)19-12-8-7-9-13-19/h7-9,12-13,18H,5-6,10-11,14-17H2,1-4H3,(H2,21,22,23). The predicted octanol–water partition coefficient (Wildman–Crippen LogP) is 2.38. The zero-order valence-corrected chi connectivity index (χ0v) is 18.5. The number of ether oxygens (including phenoxy) is 1. The first-order valence-electron chi connectivity index (χ1n) is 10.0. The monoisotopic (exact) mass is 412 g/mol. The second kappa shape index (κ2) is 13.5. The second-order valence-electron chi connectivity index (χ2n) is 6.54. The number of nitrogens with zero attached hydrogens (tertiary/aromatic N) is 2. The molecule has 1 aromatic rings. The van der Waals surface area contributed by atoms with Crippen molar-refractivity contribution in [3.63, 3.8) is 0 Å². The molecule has 0 spiro atoms. The molecule has 0 bridgehead atoms. The summed E-state index contributed by atoms with van der Waals surface area (Å²) >= 11 is 0. The van der Waals surface area contributed by atoms with Gasteiger partial charge in [-0.3, -0.25) is 4.99 Å². The summed E-state index contributed by atoms with van der Waals surface area (Å²) in [5, 5.41) is 6.45. The van der Waals surface area contributed by atoms with Crippen molar-refractivity contribution in [3.05, 3.63) is 35.9 Å². The molecular weight excluding hydrogens is 376 g/mol. The molecule has 0 radical (unpaired) electrons. The number of guanidine groups is 1. The first-order valence-corrected chi connectivity index (χ1v) is 11.6. The Morgan fingerprint density at radius 1 is 1.18 bits per heavy atom. The van der Waals surface area contributed by atoms with Crippen molar-refractivity contribution in [2.75, 3.05) is 45.6 Å². The third kappa shape index (κ3) is 9.52. The van der Waals surface area contributed by atoms with Gasteiger partial charge in [-0.15, -0.1) is 0 Å². The summed E-state index contributed by atoms with van der Waals surface area (Å²) in [5.41, 5.74) is 1.18. The summed E-state index contributed by atoms with van der Waals surface area (Å²) in [6.45, 7) is 8.98. The van der Waals surface area contributed by atoms with E-state index in [1.54, 1.807) is 14.0 Å². The minimum absolute atomic E-state index is 0.0768. The number of hydrogen-bond acceptors (Lipinski definition) is 4. The van der Waals surface area contributed by atoms with Crippen LogP contribution in [-0.4, -0.2) is 64.3 Å². The molecule has 1 rings (SSSR count). The molecule has 1 unspecified atom stereocenters. The smallest absolute Gasteiger partial charge is 0.213 e. The van der Waals surface area contributed by atoms with Gasteiger partial charge >= 0.3 is 0 Å². The highest BCUT2D eigenvalue weighted by molar-refractivity contribution is 7.89. The molecule has 160 valence electrons. The van der Waals surface area contributed by atoms with E-state index < -0.39 is 10.0 Å². The first kappa shape index (κ1) is 24.4. The van der Waals surface area contributed by atoms with Gasteiger partial charge in [0, 0.05) is 39.8 Å². The van der Waals surface area contributed by atoms with Crippen LogP contribution in [0.4, 0.5) is 0 Å². The number of hydrogen-bond donors (Lipinski definition) is 2.